The standard InChI is InChI=1S/C25H36ClFO2/c26-23-13-12-22(17-24(23)27)21-10-7-20(8-11-21)6-3-18-1-4-19(5-2-18)9-14-25-28-15-16-29-25/h12-13,17-21,25H,1-11,14-16H2/t18-,19-,20-,21-. The molecule has 0 amide bonds. The molecule has 1 aromatic rings. The highest BCUT2D eigenvalue weighted by Gasteiger charge is 2.26. The lowest BCUT2D eigenvalue weighted by atomic mass is 9.74. The Bertz CT molecular complexity index is 630. The molecule has 4 rings (SSSR count). The van der Waals surface area contributed by atoms with Gasteiger partial charge in [-0.1, -0.05) is 56.2 Å². The summed E-state index contributed by atoms with van der Waals surface area (Å²) in [7, 11) is 0. The monoisotopic (exact) mass is 422 g/mol. The maximum atomic E-state index is 13.7. The molecule has 0 unspecified atom stereocenters. The third kappa shape index (κ3) is 6.18. The van der Waals surface area contributed by atoms with E-state index < -0.39 is 0 Å². The van der Waals surface area contributed by atoms with Gasteiger partial charge in [0.1, 0.15) is 5.82 Å². The van der Waals surface area contributed by atoms with Crippen LogP contribution in [0.5, 0.6) is 0 Å². The van der Waals surface area contributed by atoms with E-state index in [4.69, 9.17) is 21.1 Å². The van der Waals surface area contributed by atoms with E-state index in [0.29, 0.717) is 5.92 Å². The lowest BCUT2D eigenvalue weighted by molar-refractivity contribution is -0.0512. The van der Waals surface area contributed by atoms with E-state index in [-0.39, 0.29) is 17.1 Å². The highest BCUT2D eigenvalue weighted by Crippen LogP contribution is 2.40. The molecular weight excluding hydrogens is 387 g/mol. The van der Waals surface area contributed by atoms with Crippen LogP contribution in [0.2, 0.25) is 5.02 Å². The van der Waals surface area contributed by atoms with Crippen molar-refractivity contribution in [3.8, 4) is 0 Å². The molecule has 3 aliphatic rings. The summed E-state index contributed by atoms with van der Waals surface area (Å²) in [6.45, 7) is 1.55. The summed E-state index contributed by atoms with van der Waals surface area (Å²) in [5.41, 5.74) is 1.14. The van der Waals surface area contributed by atoms with E-state index in [1.165, 1.54) is 70.6 Å². The first-order valence-corrected chi connectivity index (χ1v) is 12.2. The van der Waals surface area contributed by atoms with Gasteiger partial charge in [0, 0.05) is 0 Å². The van der Waals surface area contributed by atoms with Crippen LogP contribution in [0, 0.1) is 23.6 Å². The molecule has 0 spiro atoms. The van der Waals surface area contributed by atoms with E-state index in [1.807, 2.05) is 6.07 Å². The van der Waals surface area contributed by atoms with Gasteiger partial charge in [-0.15, -0.1) is 0 Å². The van der Waals surface area contributed by atoms with Crippen LogP contribution in [0.4, 0.5) is 4.39 Å². The molecule has 2 nitrogen and oxygen atoms in total. The molecule has 1 saturated heterocycles. The second-order valence-corrected chi connectivity index (χ2v) is 10.0. The minimum atomic E-state index is -0.273. The lowest BCUT2D eigenvalue weighted by Gasteiger charge is -2.32. The van der Waals surface area contributed by atoms with Crippen molar-refractivity contribution in [1.29, 1.82) is 0 Å². The topological polar surface area (TPSA) is 18.5 Å². The average Bonchev–Trinajstić information content (AvgIpc) is 3.28. The van der Waals surface area contributed by atoms with Crippen LogP contribution in [-0.4, -0.2) is 19.5 Å². The van der Waals surface area contributed by atoms with Crippen LogP contribution in [-0.2, 0) is 9.47 Å². The first-order valence-electron chi connectivity index (χ1n) is 11.9. The molecule has 1 aliphatic heterocycles. The van der Waals surface area contributed by atoms with Gasteiger partial charge in [-0.3, -0.25) is 0 Å². The normalized spacial score (nSPS) is 31.2. The predicted octanol–water partition coefficient (Wildman–Crippen LogP) is 7.49. The summed E-state index contributed by atoms with van der Waals surface area (Å²) in [6.07, 6.45) is 15.8. The molecule has 0 bridgehead atoms. The van der Waals surface area contributed by atoms with Gasteiger partial charge in [-0.05, 0) is 79.9 Å². The third-order valence-electron chi connectivity index (χ3n) is 7.71. The van der Waals surface area contributed by atoms with E-state index >= 15 is 0 Å². The SMILES string of the molecule is Fc1cc([C@H]2CC[C@H](CC[C@H]3CC[C@H](CCC4OCCO4)CC3)CC2)ccc1Cl. The van der Waals surface area contributed by atoms with E-state index in [9.17, 15) is 4.39 Å². The molecule has 1 aromatic carbocycles. The van der Waals surface area contributed by atoms with Crippen molar-refractivity contribution in [3.05, 3.63) is 34.6 Å². The molecule has 0 radical (unpaired) electrons. The van der Waals surface area contributed by atoms with Crippen LogP contribution in [0.25, 0.3) is 0 Å². The van der Waals surface area contributed by atoms with Crippen molar-refractivity contribution in [1.82, 2.24) is 0 Å². The quantitative estimate of drug-likeness (QED) is 0.453. The predicted molar refractivity (Wildman–Crippen MR) is 116 cm³/mol. The third-order valence-corrected chi connectivity index (χ3v) is 8.02. The first-order chi connectivity index (χ1) is 14.2. The lowest BCUT2D eigenvalue weighted by Crippen LogP contribution is -2.19. The van der Waals surface area contributed by atoms with Crippen molar-refractivity contribution >= 4 is 11.6 Å². The van der Waals surface area contributed by atoms with E-state index in [1.54, 1.807) is 12.1 Å². The summed E-state index contributed by atoms with van der Waals surface area (Å²) < 4.78 is 24.9. The number of hydrogen-bond acceptors (Lipinski definition) is 2. The van der Waals surface area contributed by atoms with Crippen LogP contribution in [0.15, 0.2) is 18.2 Å². The minimum absolute atomic E-state index is 0.0761. The van der Waals surface area contributed by atoms with Crippen LogP contribution < -0.4 is 0 Å². The van der Waals surface area contributed by atoms with Gasteiger partial charge in [-0.25, -0.2) is 4.39 Å². The zero-order valence-electron chi connectivity index (χ0n) is 17.6. The van der Waals surface area contributed by atoms with Crippen molar-refractivity contribution in [2.24, 2.45) is 17.8 Å². The Hall–Kier alpha value is -0.640. The Balaban J connectivity index is 1.11. The Labute approximate surface area is 180 Å². The second-order valence-electron chi connectivity index (χ2n) is 9.60. The highest BCUT2D eigenvalue weighted by atomic mass is 35.5. The minimum Gasteiger partial charge on any atom is -0.350 e. The van der Waals surface area contributed by atoms with Gasteiger partial charge >= 0.3 is 0 Å². The van der Waals surface area contributed by atoms with Crippen LogP contribution in [0.1, 0.15) is 88.5 Å². The zero-order valence-corrected chi connectivity index (χ0v) is 18.3. The summed E-state index contributed by atoms with van der Waals surface area (Å²) in [4.78, 5) is 0. The summed E-state index contributed by atoms with van der Waals surface area (Å²) in [5, 5.41) is 0.234. The fourth-order valence-corrected chi connectivity index (χ4v) is 5.89. The summed E-state index contributed by atoms with van der Waals surface area (Å²) >= 11 is 5.83. The number of rotatable bonds is 7. The molecule has 3 fully saturated rings. The maximum Gasteiger partial charge on any atom is 0.157 e. The van der Waals surface area contributed by atoms with Crippen LogP contribution in [0.3, 0.4) is 0 Å². The molecule has 0 N–H and O–H groups in total. The van der Waals surface area contributed by atoms with Gasteiger partial charge in [-0.2, -0.15) is 0 Å². The van der Waals surface area contributed by atoms with Crippen molar-refractivity contribution < 1.29 is 13.9 Å². The van der Waals surface area contributed by atoms with Gasteiger partial charge < -0.3 is 9.47 Å². The Morgan fingerprint density at radius 2 is 1.28 bits per heavy atom. The maximum absolute atomic E-state index is 13.7. The zero-order chi connectivity index (χ0) is 20.1. The largest absolute Gasteiger partial charge is 0.350 e. The highest BCUT2D eigenvalue weighted by molar-refractivity contribution is 6.30. The molecule has 4 heteroatoms. The average molecular weight is 423 g/mol. The smallest absolute Gasteiger partial charge is 0.157 e. The van der Waals surface area contributed by atoms with Gasteiger partial charge in [0.15, 0.2) is 6.29 Å². The summed E-state index contributed by atoms with van der Waals surface area (Å²) in [6, 6.07) is 5.37. The Morgan fingerprint density at radius 1 is 0.759 bits per heavy atom. The number of ether oxygens (including phenoxy) is 2. The van der Waals surface area contributed by atoms with Crippen molar-refractivity contribution in [2.75, 3.05) is 13.2 Å². The molecule has 0 atom stereocenters. The van der Waals surface area contributed by atoms with E-state index in [0.717, 1.165) is 43.0 Å². The van der Waals surface area contributed by atoms with Gasteiger partial charge in [0.25, 0.3) is 0 Å². The number of benzene rings is 1. The molecule has 162 valence electrons. The fourth-order valence-electron chi connectivity index (χ4n) is 5.78. The Kier molecular flexibility index (Phi) is 7.89. The Morgan fingerprint density at radius 3 is 1.83 bits per heavy atom. The van der Waals surface area contributed by atoms with Gasteiger partial charge in [0.05, 0.1) is 18.2 Å². The summed E-state index contributed by atoms with van der Waals surface area (Å²) in [5.74, 6) is 2.94. The fraction of sp³-hybridized carbons (Fsp3) is 0.760. The number of halogens is 2. The second kappa shape index (κ2) is 10.6. The van der Waals surface area contributed by atoms with E-state index in [2.05, 4.69) is 0 Å². The van der Waals surface area contributed by atoms with Gasteiger partial charge in [0.2, 0.25) is 0 Å². The molecule has 2 saturated carbocycles. The molecule has 1 heterocycles. The molecule has 2 aliphatic carbocycles. The first kappa shape index (κ1) is 21.6. The molecule has 0 aromatic heterocycles. The molecule has 29 heavy (non-hydrogen) atoms. The van der Waals surface area contributed by atoms with Crippen molar-refractivity contribution in [2.45, 2.75) is 89.3 Å². The van der Waals surface area contributed by atoms with Crippen LogP contribution >= 0.6 is 11.6 Å². The molecular formula is C25H36ClFO2. The number of hydrogen-bond donors (Lipinski definition) is 0. The van der Waals surface area contributed by atoms with Crippen molar-refractivity contribution in [3.63, 3.8) is 0 Å².